The zero-order valence-electron chi connectivity index (χ0n) is 13.0. The van der Waals surface area contributed by atoms with Crippen LogP contribution in [0.5, 0.6) is 5.75 Å². The van der Waals surface area contributed by atoms with Gasteiger partial charge in [-0.05, 0) is 48.2 Å². The van der Waals surface area contributed by atoms with Gasteiger partial charge in [0.1, 0.15) is 12.9 Å². The fraction of sp³-hybridized carbons (Fsp3) is 0.235. The highest BCUT2D eigenvalue weighted by atomic mass is 35.5. The molecule has 3 aromatic rings. The Morgan fingerprint density at radius 3 is 3.17 bits per heavy atom. The summed E-state index contributed by atoms with van der Waals surface area (Å²) >= 11 is 6.47. The number of ether oxygens (including phenoxy) is 1. The molecule has 7 heteroatoms. The Hall–Kier alpha value is -2.60. The first-order valence-electron chi connectivity index (χ1n) is 7.65. The second-order valence-corrected chi connectivity index (χ2v) is 6.11. The fourth-order valence-corrected chi connectivity index (χ4v) is 3.15. The molecule has 24 heavy (non-hydrogen) atoms. The standard InChI is InChI=1S/C17H15ClN4O2/c1-10-12(6-11-2-4-22-14(7-11)20-9-21-22)8-13-16(15(10)18)24-5-3-19-17(13)23/h2,4,7-9H,3,5-6H2,1H3,(H,19,23). The Bertz CT molecular complexity index is 951. The minimum atomic E-state index is -0.154. The average molecular weight is 343 g/mol. The van der Waals surface area contributed by atoms with Crippen LogP contribution < -0.4 is 10.1 Å². The zero-order chi connectivity index (χ0) is 16.7. The molecule has 1 aliphatic rings. The van der Waals surface area contributed by atoms with Crippen molar-refractivity contribution in [3.8, 4) is 5.75 Å². The number of hydrogen-bond acceptors (Lipinski definition) is 4. The zero-order valence-corrected chi connectivity index (χ0v) is 13.8. The van der Waals surface area contributed by atoms with E-state index in [2.05, 4.69) is 15.4 Å². The SMILES string of the molecule is Cc1c(Cc2ccn3ncnc3c2)cc2c(c1Cl)OCCNC2=O. The summed E-state index contributed by atoms with van der Waals surface area (Å²) in [5.41, 5.74) is 4.26. The molecule has 1 N–H and O–H groups in total. The number of rotatable bonds is 2. The van der Waals surface area contributed by atoms with E-state index in [1.165, 1.54) is 6.33 Å². The van der Waals surface area contributed by atoms with Gasteiger partial charge in [-0.3, -0.25) is 4.79 Å². The first-order valence-corrected chi connectivity index (χ1v) is 8.02. The van der Waals surface area contributed by atoms with Crippen LogP contribution in [-0.2, 0) is 6.42 Å². The molecule has 0 fully saturated rings. The summed E-state index contributed by atoms with van der Waals surface area (Å²) in [6.45, 7) is 2.84. The lowest BCUT2D eigenvalue weighted by molar-refractivity contribution is 0.0957. The lowest BCUT2D eigenvalue weighted by atomic mass is 9.97. The van der Waals surface area contributed by atoms with Crippen LogP contribution in [0.15, 0.2) is 30.7 Å². The van der Waals surface area contributed by atoms with E-state index < -0.39 is 0 Å². The molecule has 0 atom stereocenters. The van der Waals surface area contributed by atoms with Crippen LogP contribution >= 0.6 is 11.6 Å². The molecule has 1 aromatic carbocycles. The van der Waals surface area contributed by atoms with Crippen molar-refractivity contribution in [1.29, 1.82) is 0 Å². The third-order valence-electron chi connectivity index (χ3n) is 4.19. The summed E-state index contributed by atoms with van der Waals surface area (Å²) in [5, 5.41) is 7.41. The number of carbonyl (C=O) groups excluding carboxylic acids is 1. The van der Waals surface area contributed by atoms with Gasteiger partial charge >= 0.3 is 0 Å². The van der Waals surface area contributed by atoms with Gasteiger partial charge in [0.25, 0.3) is 5.91 Å². The highest BCUT2D eigenvalue weighted by molar-refractivity contribution is 6.33. The maximum Gasteiger partial charge on any atom is 0.255 e. The lowest BCUT2D eigenvalue weighted by Crippen LogP contribution is -2.24. The van der Waals surface area contributed by atoms with Crippen molar-refractivity contribution >= 4 is 23.2 Å². The highest BCUT2D eigenvalue weighted by Gasteiger charge is 2.22. The predicted molar refractivity (Wildman–Crippen MR) is 89.8 cm³/mol. The van der Waals surface area contributed by atoms with Crippen LogP contribution in [0.3, 0.4) is 0 Å². The molecule has 3 heterocycles. The molecule has 6 nitrogen and oxygen atoms in total. The predicted octanol–water partition coefficient (Wildman–Crippen LogP) is 2.40. The van der Waals surface area contributed by atoms with Crippen molar-refractivity contribution < 1.29 is 9.53 Å². The fourth-order valence-electron chi connectivity index (χ4n) is 2.87. The van der Waals surface area contributed by atoms with E-state index in [4.69, 9.17) is 16.3 Å². The number of halogens is 1. The molecule has 4 rings (SSSR count). The van der Waals surface area contributed by atoms with E-state index in [0.29, 0.717) is 35.9 Å². The molecule has 0 spiro atoms. The lowest BCUT2D eigenvalue weighted by Gasteiger charge is -2.14. The summed E-state index contributed by atoms with van der Waals surface area (Å²) in [5.74, 6) is 0.319. The van der Waals surface area contributed by atoms with Crippen LogP contribution in [0.2, 0.25) is 5.02 Å². The third-order valence-corrected chi connectivity index (χ3v) is 4.65. The molecule has 0 saturated heterocycles. The van der Waals surface area contributed by atoms with E-state index in [9.17, 15) is 4.79 Å². The largest absolute Gasteiger partial charge is 0.489 e. The maximum absolute atomic E-state index is 12.2. The van der Waals surface area contributed by atoms with Crippen LogP contribution in [-0.4, -0.2) is 33.7 Å². The average Bonchev–Trinajstić information content (AvgIpc) is 2.96. The number of carbonyl (C=O) groups is 1. The number of pyridine rings is 1. The van der Waals surface area contributed by atoms with Crippen LogP contribution in [0.25, 0.3) is 5.65 Å². The van der Waals surface area contributed by atoms with Gasteiger partial charge in [0.2, 0.25) is 0 Å². The topological polar surface area (TPSA) is 68.5 Å². The Morgan fingerprint density at radius 2 is 2.29 bits per heavy atom. The first kappa shape index (κ1) is 15.0. The van der Waals surface area contributed by atoms with Gasteiger partial charge in [0.05, 0.1) is 17.1 Å². The summed E-state index contributed by atoms with van der Waals surface area (Å²) in [6, 6.07) is 5.82. The van der Waals surface area contributed by atoms with Crippen molar-refractivity contribution in [2.24, 2.45) is 0 Å². The van der Waals surface area contributed by atoms with Crippen LogP contribution in [0.1, 0.15) is 27.0 Å². The summed E-state index contributed by atoms with van der Waals surface area (Å²) in [4.78, 5) is 16.4. The maximum atomic E-state index is 12.2. The minimum absolute atomic E-state index is 0.154. The molecule has 2 aromatic heterocycles. The van der Waals surface area contributed by atoms with Crippen molar-refractivity contribution in [1.82, 2.24) is 19.9 Å². The second kappa shape index (κ2) is 5.79. The van der Waals surface area contributed by atoms with Crippen molar-refractivity contribution in [3.05, 3.63) is 58.0 Å². The van der Waals surface area contributed by atoms with Crippen LogP contribution in [0.4, 0.5) is 0 Å². The summed E-state index contributed by atoms with van der Waals surface area (Å²) in [7, 11) is 0. The molecule has 122 valence electrons. The Balaban J connectivity index is 1.77. The quantitative estimate of drug-likeness (QED) is 0.776. The van der Waals surface area contributed by atoms with Crippen molar-refractivity contribution in [3.63, 3.8) is 0 Å². The van der Waals surface area contributed by atoms with Gasteiger partial charge in [-0.15, -0.1) is 0 Å². The smallest absolute Gasteiger partial charge is 0.255 e. The second-order valence-electron chi connectivity index (χ2n) is 5.73. The van der Waals surface area contributed by atoms with Gasteiger partial charge in [0, 0.05) is 6.20 Å². The van der Waals surface area contributed by atoms with Gasteiger partial charge in [-0.25, -0.2) is 9.50 Å². The van der Waals surface area contributed by atoms with E-state index in [-0.39, 0.29) is 5.91 Å². The van der Waals surface area contributed by atoms with Gasteiger partial charge < -0.3 is 10.1 Å². The Kier molecular flexibility index (Phi) is 3.61. The molecule has 0 bridgehead atoms. The number of amides is 1. The van der Waals surface area contributed by atoms with Gasteiger partial charge in [-0.2, -0.15) is 5.10 Å². The molecule has 1 amide bonds. The monoisotopic (exact) mass is 342 g/mol. The Morgan fingerprint density at radius 1 is 1.42 bits per heavy atom. The van der Waals surface area contributed by atoms with E-state index in [1.807, 2.05) is 31.3 Å². The number of nitrogens with one attached hydrogen (secondary N) is 1. The molecule has 0 aliphatic carbocycles. The molecular weight excluding hydrogens is 328 g/mol. The van der Waals surface area contributed by atoms with Crippen molar-refractivity contribution in [2.75, 3.05) is 13.2 Å². The van der Waals surface area contributed by atoms with E-state index in [1.54, 1.807) is 4.52 Å². The third kappa shape index (κ3) is 2.49. The van der Waals surface area contributed by atoms with Gasteiger partial charge in [0.15, 0.2) is 11.4 Å². The normalized spacial score (nSPS) is 14.0. The molecule has 0 saturated carbocycles. The summed E-state index contributed by atoms with van der Waals surface area (Å²) < 4.78 is 7.36. The van der Waals surface area contributed by atoms with E-state index >= 15 is 0 Å². The minimum Gasteiger partial charge on any atom is -0.489 e. The van der Waals surface area contributed by atoms with Crippen molar-refractivity contribution in [2.45, 2.75) is 13.3 Å². The Labute approximate surface area is 143 Å². The molecule has 0 unspecified atom stereocenters. The molecular formula is C17H15ClN4O2. The number of fused-ring (bicyclic) bond motifs is 2. The number of nitrogens with zero attached hydrogens (tertiary/aromatic N) is 3. The highest BCUT2D eigenvalue weighted by Crippen LogP contribution is 2.36. The number of benzene rings is 1. The van der Waals surface area contributed by atoms with E-state index in [0.717, 1.165) is 22.3 Å². The number of hydrogen-bond donors (Lipinski definition) is 1. The van der Waals surface area contributed by atoms with Gasteiger partial charge in [-0.1, -0.05) is 11.6 Å². The first-order chi connectivity index (χ1) is 11.6. The number of aromatic nitrogens is 3. The summed E-state index contributed by atoms with van der Waals surface area (Å²) in [6.07, 6.45) is 4.04. The molecule has 0 radical (unpaired) electrons. The molecule has 1 aliphatic heterocycles. The van der Waals surface area contributed by atoms with Crippen LogP contribution in [0, 0.1) is 6.92 Å².